The molecule has 264 valence electrons. The third-order valence-electron chi connectivity index (χ3n) is 7.46. The Hall–Kier alpha value is -3.60. The molecule has 2 unspecified atom stereocenters. The summed E-state index contributed by atoms with van der Waals surface area (Å²) in [4.78, 5) is 19.2. The minimum Gasteiger partial charge on any atom is -0.483 e. The molecule has 2 aliphatic rings. The maximum Gasteiger partial charge on any atom is 0.490 e. The monoisotopic (exact) mass is 682 g/mol. The molecule has 2 atom stereocenters. The number of nitrogens with zero attached hydrogens (tertiary/aromatic N) is 3. The lowest BCUT2D eigenvalue weighted by Gasteiger charge is -2.46. The van der Waals surface area contributed by atoms with E-state index in [0.717, 1.165) is 19.0 Å². The van der Waals surface area contributed by atoms with Crippen LogP contribution in [0.2, 0.25) is 0 Å². The fraction of sp³-hybridized carbons (Fsp3) is 0.633. The van der Waals surface area contributed by atoms with Crippen LogP contribution in [0.4, 0.5) is 48.2 Å². The van der Waals surface area contributed by atoms with Gasteiger partial charge in [-0.05, 0) is 72.9 Å². The van der Waals surface area contributed by atoms with E-state index >= 15 is 0 Å². The highest BCUT2D eigenvalue weighted by atomic mass is 19.4. The van der Waals surface area contributed by atoms with Gasteiger partial charge in [-0.25, -0.2) is 18.6 Å². The van der Waals surface area contributed by atoms with Crippen molar-refractivity contribution in [2.45, 2.75) is 109 Å². The summed E-state index contributed by atoms with van der Waals surface area (Å²) in [5.74, 6) is -3.49. The highest BCUT2D eigenvalue weighted by molar-refractivity contribution is 5.73. The van der Waals surface area contributed by atoms with Crippen molar-refractivity contribution < 1.29 is 50.1 Å². The first-order valence-corrected chi connectivity index (χ1v) is 14.9. The van der Waals surface area contributed by atoms with Gasteiger partial charge < -0.3 is 30.5 Å². The molecule has 4 N–H and O–H groups in total. The minimum absolute atomic E-state index is 0.00927. The van der Waals surface area contributed by atoms with Crippen LogP contribution in [0.1, 0.15) is 60.8 Å². The number of aliphatic carboxylic acids is 1. The average molecular weight is 683 g/mol. The van der Waals surface area contributed by atoms with Gasteiger partial charge in [0.05, 0.1) is 6.20 Å². The number of carboxylic acid groups (broad SMARTS) is 1. The lowest BCUT2D eigenvalue weighted by molar-refractivity contribution is -0.192. The van der Waals surface area contributed by atoms with Gasteiger partial charge in [-0.1, -0.05) is 0 Å². The highest BCUT2D eigenvalue weighted by Gasteiger charge is 2.39. The van der Waals surface area contributed by atoms with Crippen LogP contribution in [-0.2, 0) is 4.79 Å². The third-order valence-corrected chi connectivity index (χ3v) is 7.46. The fourth-order valence-corrected chi connectivity index (χ4v) is 5.82. The molecular formula is C30H41F7N6O4. The molecule has 1 aromatic heterocycles. The van der Waals surface area contributed by atoms with E-state index < -0.39 is 36.8 Å². The van der Waals surface area contributed by atoms with Crippen molar-refractivity contribution in [3.63, 3.8) is 0 Å². The van der Waals surface area contributed by atoms with Gasteiger partial charge in [0.15, 0.2) is 23.1 Å². The van der Waals surface area contributed by atoms with E-state index in [1.165, 1.54) is 12.1 Å². The van der Waals surface area contributed by atoms with Crippen LogP contribution < -0.4 is 25.4 Å². The Morgan fingerprint density at radius 3 is 2.28 bits per heavy atom. The number of hydrogen-bond donors (Lipinski definition) is 4. The number of ether oxygens (including phenoxy) is 2. The quantitative estimate of drug-likeness (QED) is 0.218. The predicted molar refractivity (Wildman–Crippen MR) is 161 cm³/mol. The summed E-state index contributed by atoms with van der Waals surface area (Å²) in [5, 5.41) is 16.8. The molecule has 0 spiro atoms. The van der Waals surface area contributed by atoms with Gasteiger partial charge in [0.1, 0.15) is 12.3 Å². The molecule has 2 saturated heterocycles. The Bertz CT molecular complexity index is 1350. The first-order valence-electron chi connectivity index (χ1n) is 14.9. The smallest absolute Gasteiger partial charge is 0.483 e. The van der Waals surface area contributed by atoms with E-state index in [0.29, 0.717) is 18.7 Å². The lowest BCUT2D eigenvalue weighted by Crippen LogP contribution is -2.60. The van der Waals surface area contributed by atoms with Crippen molar-refractivity contribution in [3.8, 4) is 11.5 Å². The van der Waals surface area contributed by atoms with E-state index in [9.17, 15) is 30.7 Å². The van der Waals surface area contributed by atoms with E-state index in [1.807, 2.05) is 18.7 Å². The Kier molecular flexibility index (Phi) is 12.2. The zero-order valence-electron chi connectivity index (χ0n) is 26.9. The second-order valence-corrected chi connectivity index (χ2v) is 13.1. The Morgan fingerprint density at radius 1 is 1.13 bits per heavy atom. The molecule has 0 radical (unpaired) electrons. The first-order chi connectivity index (χ1) is 21.6. The highest BCUT2D eigenvalue weighted by Crippen LogP contribution is 2.36. The van der Waals surface area contributed by atoms with Gasteiger partial charge in [0, 0.05) is 48.0 Å². The van der Waals surface area contributed by atoms with Crippen LogP contribution in [0.5, 0.6) is 11.5 Å². The van der Waals surface area contributed by atoms with Crippen LogP contribution in [-0.4, -0.2) is 87.3 Å². The average Bonchev–Trinajstić information content (AvgIpc) is 2.90. The number of nitrogens with one attached hydrogen (secondary N) is 3. The Morgan fingerprint density at radius 2 is 1.74 bits per heavy atom. The summed E-state index contributed by atoms with van der Waals surface area (Å²) < 4.78 is 98.1. The molecule has 0 aliphatic carbocycles. The molecule has 4 rings (SSSR count). The van der Waals surface area contributed by atoms with E-state index in [2.05, 4.69) is 53.6 Å². The van der Waals surface area contributed by atoms with Crippen molar-refractivity contribution in [2.75, 3.05) is 23.7 Å². The van der Waals surface area contributed by atoms with Crippen molar-refractivity contribution >= 4 is 23.4 Å². The predicted octanol–water partition coefficient (Wildman–Crippen LogP) is 6.51. The molecule has 2 aliphatic heterocycles. The van der Waals surface area contributed by atoms with Crippen molar-refractivity contribution in [3.05, 3.63) is 30.2 Å². The molecule has 2 aromatic rings. The summed E-state index contributed by atoms with van der Waals surface area (Å²) in [6, 6.07) is 4.46. The number of halogens is 7. The number of rotatable bonds is 9. The molecule has 10 nitrogen and oxygen atoms in total. The topological polar surface area (TPSA) is 121 Å². The Labute approximate surface area is 268 Å². The molecule has 0 amide bonds. The summed E-state index contributed by atoms with van der Waals surface area (Å²) in [6.45, 7) is 10.1. The molecule has 0 saturated carbocycles. The lowest BCUT2D eigenvalue weighted by atomic mass is 9.79. The van der Waals surface area contributed by atoms with Gasteiger partial charge in [-0.2, -0.15) is 26.9 Å². The van der Waals surface area contributed by atoms with Crippen LogP contribution in [0.3, 0.4) is 0 Å². The third kappa shape index (κ3) is 11.6. The van der Waals surface area contributed by atoms with Gasteiger partial charge in [0.2, 0.25) is 5.95 Å². The van der Waals surface area contributed by atoms with Gasteiger partial charge in [0.25, 0.3) is 0 Å². The molecule has 1 aromatic carbocycles. The number of piperidine rings is 2. The number of carbonyl (C=O) groups is 1. The molecule has 47 heavy (non-hydrogen) atoms. The van der Waals surface area contributed by atoms with E-state index in [1.54, 1.807) is 6.07 Å². The van der Waals surface area contributed by atoms with Crippen LogP contribution in [0.25, 0.3) is 0 Å². The number of carboxylic acids is 1. The number of anilines is 3. The molecule has 0 bridgehead atoms. The van der Waals surface area contributed by atoms with Crippen molar-refractivity contribution in [2.24, 2.45) is 0 Å². The van der Waals surface area contributed by atoms with Crippen LogP contribution >= 0.6 is 0 Å². The largest absolute Gasteiger partial charge is 0.490 e. The van der Waals surface area contributed by atoms with E-state index in [4.69, 9.17) is 19.4 Å². The number of alkyl halides is 6. The second kappa shape index (κ2) is 15.1. The molecule has 2 fully saturated rings. The number of aromatic nitrogens is 2. The normalized spacial score (nSPS) is 21.5. The zero-order valence-corrected chi connectivity index (χ0v) is 26.9. The number of benzene rings is 1. The molecule has 17 heteroatoms. The van der Waals surface area contributed by atoms with Crippen molar-refractivity contribution in [1.29, 1.82) is 0 Å². The summed E-state index contributed by atoms with van der Waals surface area (Å²) >= 11 is 0. The molecule has 3 heterocycles. The standard InChI is InChI=1S/C28H40F4N6O2.C2HF3O2/c1-16(2)38-10-9-21(20(30)15-38)39-22-8-7-17(11-23(22)40-25(31)32)35-26-33-14-19(29)24(36-26)34-18-12-27(3,4)37-28(5,6)13-18;3-2(4,5)1(6)7/h7-8,11,14,16,18,20-21,25,37H,9-10,12-13,15H2,1-6H3,(H2,33,34,35,36);(H,6,7). The van der Waals surface area contributed by atoms with Gasteiger partial charge in [-0.15, -0.1) is 0 Å². The minimum atomic E-state index is -5.08. The summed E-state index contributed by atoms with van der Waals surface area (Å²) in [7, 11) is 0. The molecular weight excluding hydrogens is 641 g/mol. The van der Waals surface area contributed by atoms with Crippen LogP contribution in [0.15, 0.2) is 24.4 Å². The first kappa shape index (κ1) is 37.9. The van der Waals surface area contributed by atoms with Gasteiger partial charge in [-0.3, -0.25) is 4.90 Å². The SMILES string of the molecule is CC(C)N1CCC(Oc2ccc(Nc3ncc(F)c(NC4CC(C)(C)NC(C)(C)C4)n3)cc2OC(F)F)C(F)C1.O=C(O)C(F)(F)F. The summed E-state index contributed by atoms with van der Waals surface area (Å²) in [5.41, 5.74) is 0.0153. The summed E-state index contributed by atoms with van der Waals surface area (Å²) in [6.07, 6.45) is -4.16. The maximum absolute atomic E-state index is 14.8. The van der Waals surface area contributed by atoms with Gasteiger partial charge >= 0.3 is 18.8 Å². The zero-order chi connectivity index (χ0) is 35.3. The van der Waals surface area contributed by atoms with Crippen molar-refractivity contribution in [1.82, 2.24) is 20.2 Å². The maximum atomic E-state index is 14.8. The van der Waals surface area contributed by atoms with E-state index in [-0.39, 0.29) is 53.0 Å². The Balaban J connectivity index is 0.000000771. The second-order valence-electron chi connectivity index (χ2n) is 13.1. The fourth-order valence-electron chi connectivity index (χ4n) is 5.82. The number of likely N-dealkylation sites (tertiary alicyclic amines) is 1. The number of hydrogen-bond acceptors (Lipinski definition) is 9. The van der Waals surface area contributed by atoms with Crippen LogP contribution in [0, 0.1) is 5.82 Å².